The van der Waals surface area contributed by atoms with Crippen molar-refractivity contribution in [2.24, 2.45) is 5.92 Å². The fraction of sp³-hybridized carbons (Fsp3) is 0.357. The molecule has 1 atom stereocenters. The summed E-state index contributed by atoms with van der Waals surface area (Å²) in [6.45, 7) is 5.58. The Morgan fingerprint density at radius 1 is 1.50 bits per heavy atom. The fourth-order valence-corrected chi connectivity index (χ4v) is 2.08. The Bertz CT molecular complexity index is 581. The van der Waals surface area contributed by atoms with Gasteiger partial charge in [0.2, 0.25) is 0 Å². The molecule has 0 radical (unpaired) electrons. The molecule has 106 valence electrons. The van der Waals surface area contributed by atoms with Gasteiger partial charge in [0.05, 0.1) is 11.3 Å². The summed E-state index contributed by atoms with van der Waals surface area (Å²) in [6.07, 6.45) is 5.50. The predicted molar refractivity (Wildman–Crippen MR) is 77.7 cm³/mol. The standard InChI is InChI=1S/C14H18N4O2/c1-11(9-17-6-5-15-10-17)8-16-13-3-4-14(18(19)20)12(2)7-13/h3-7,10-11,16H,8-9H2,1-2H3/t11-/m1/s1. The summed E-state index contributed by atoms with van der Waals surface area (Å²) in [4.78, 5) is 14.4. The van der Waals surface area contributed by atoms with Crippen LogP contribution in [0.1, 0.15) is 12.5 Å². The second kappa shape index (κ2) is 6.18. The molecule has 0 unspecified atom stereocenters. The third-order valence-corrected chi connectivity index (χ3v) is 3.13. The zero-order chi connectivity index (χ0) is 14.5. The topological polar surface area (TPSA) is 73.0 Å². The first-order chi connectivity index (χ1) is 9.56. The van der Waals surface area contributed by atoms with E-state index < -0.39 is 0 Å². The Labute approximate surface area is 117 Å². The number of benzene rings is 1. The minimum atomic E-state index is -0.360. The van der Waals surface area contributed by atoms with E-state index in [1.165, 1.54) is 6.07 Å². The van der Waals surface area contributed by atoms with E-state index in [1.807, 2.05) is 16.8 Å². The van der Waals surface area contributed by atoms with Crippen molar-refractivity contribution in [3.63, 3.8) is 0 Å². The largest absolute Gasteiger partial charge is 0.385 e. The lowest BCUT2D eigenvalue weighted by Gasteiger charge is -2.14. The third-order valence-electron chi connectivity index (χ3n) is 3.13. The number of hydrogen-bond acceptors (Lipinski definition) is 4. The van der Waals surface area contributed by atoms with E-state index in [-0.39, 0.29) is 10.6 Å². The number of nitro benzene ring substituents is 1. The number of anilines is 1. The van der Waals surface area contributed by atoms with Gasteiger partial charge in [-0.05, 0) is 25.0 Å². The van der Waals surface area contributed by atoms with Gasteiger partial charge in [0.15, 0.2) is 0 Å². The second-order valence-electron chi connectivity index (χ2n) is 5.00. The molecule has 0 amide bonds. The minimum Gasteiger partial charge on any atom is -0.385 e. The Balaban J connectivity index is 1.90. The first-order valence-electron chi connectivity index (χ1n) is 6.51. The highest BCUT2D eigenvalue weighted by Gasteiger charge is 2.10. The van der Waals surface area contributed by atoms with Crippen LogP contribution in [0.4, 0.5) is 11.4 Å². The van der Waals surface area contributed by atoms with E-state index in [4.69, 9.17) is 0 Å². The number of aromatic nitrogens is 2. The van der Waals surface area contributed by atoms with Crippen LogP contribution in [0.2, 0.25) is 0 Å². The van der Waals surface area contributed by atoms with Gasteiger partial charge in [0, 0.05) is 42.8 Å². The number of aryl methyl sites for hydroxylation is 1. The molecule has 1 N–H and O–H groups in total. The van der Waals surface area contributed by atoms with Gasteiger partial charge in [0.25, 0.3) is 5.69 Å². The van der Waals surface area contributed by atoms with E-state index in [2.05, 4.69) is 17.2 Å². The van der Waals surface area contributed by atoms with Gasteiger partial charge in [-0.1, -0.05) is 6.92 Å². The van der Waals surface area contributed by atoms with Crippen molar-refractivity contribution < 1.29 is 4.92 Å². The summed E-state index contributed by atoms with van der Waals surface area (Å²) in [5.41, 5.74) is 1.73. The molecule has 0 fully saturated rings. The number of hydrogen-bond donors (Lipinski definition) is 1. The van der Waals surface area contributed by atoms with E-state index in [1.54, 1.807) is 25.5 Å². The van der Waals surface area contributed by atoms with Crippen LogP contribution >= 0.6 is 0 Å². The smallest absolute Gasteiger partial charge is 0.272 e. The average Bonchev–Trinajstić information content (AvgIpc) is 2.89. The van der Waals surface area contributed by atoms with Crippen LogP contribution in [0.3, 0.4) is 0 Å². The summed E-state index contributed by atoms with van der Waals surface area (Å²) in [5, 5.41) is 14.1. The SMILES string of the molecule is Cc1cc(NC[C@@H](C)Cn2ccnc2)ccc1[N+](=O)[O-]. The zero-order valence-corrected chi connectivity index (χ0v) is 11.6. The Hall–Kier alpha value is -2.37. The molecule has 1 aromatic carbocycles. The molecule has 0 aliphatic heterocycles. The summed E-state index contributed by atoms with van der Waals surface area (Å²) in [5.74, 6) is 0.430. The van der Waals surface area contributed by atoms with Gasteiger partial charge in [-0.25, -0.2) is 4.98 Å². The van der Waals surface area contributed by atoms with E-state index >= 15 is 0 Å². The molecule has 0 saturated heterocycles. The summed E-state index contributed by atoms with van der Waals surface area (Å²) in [6, 6.07) is 5.09. The van der Waals surface area contributed by atoms with Crippen LogP contribution in [-0.2, 0) is 6.54 Å². The van der Waals surface area contributed by atoms with Crippen molar-refractivity contribution in [1.82, 2.24) is 9.55 Å². The third kappa shape index (κ3) is 3.57. The molecule has 0 aliphatic rings. The lowest BCUT2D eigenvalue weighted by Crippen LogP contribution is -2.16. The molecule has 20 heavy (non-hydrogen) atoms. The van der Waals surface area contributed by atoms with Crippen molar-refractivity contribution in [3.8, 4) is 0 Å². The van der Waals surface area contributed by atoms with Gasteiger partial charge in [0.1, 0.15) is 0 Å². The number of nitrogens with one attached hydrogen (secondary N) is 1. The highest BCUT2D eigenvalue weighted by Crippen LogP contribution is 2.21. The van der Waals surface area contributed by atoms with Crippen molar-refractivity contribution in [1.29, 1.82) is 0 Å². The average molecular weight is 274 g/mol. The van der Waals surface area contributed by atoms with Gasteiger partial charge < -0.3 is 9.88 Å². The van der Waals surface area contributed by atoms with Crippen LogP contribution < -0.4 is 5.32 Å². The first-order valence-corrected chi connectivity index (χ1v) is 6.51. The van der Waals surface area contributed by atoms with Crippen LogP contribution in [0.25, 0.3) is 0 Å². The Morgan fingerprint density at radius 3 is 2.90 bits per heavy atom. The Kier molecular flexibility index (Phi) is 4.34. The van der Waals surface area contributed by atoms with E-state index in [0.29, 0.717) is 11.5 Å². The highest BCUT2D eigenvalue weighted by molar-refractivity contribution is 5.53. The fourth-order valence-electron chi connectivity index (χ4n) is 2.08. The number of nitrogens with zero attached hydrogens (tertiary/aromatic N) is 3. The maximum atomic E-state index is 10.8. The lowest BCUT2D eigenvalue weighted by atomic mass is 10.1. The normalized spacial score (nSPS) is 12.1. The number of imidazole rings is 1. The molecule has 0 saturated carbocycles. The molecule has 0 bridgehead atoms. The molecular weight excluding hydrogens is 256 g/mol. The summed E-state index contributed by atoms with van der Waals surface area (Å²) in [7, 11) is 0. The molecule has 6 heteroatoms. The molecule has 1 aromatic heterocycles. The number of nitro groups is 1. The molecular formula is C14H18N4O2. The Morgan fingerprint density at radius 2 is 2.30 bits per heavy atom. The van der Waals surface area contributed by atoms with Crippen LogP contribution in [0.5, 0.6) is 0 Å². The molecule has 2 rings (SSSR count). The van der Waals surface area contributed by atoms with Crippen LogP contribution in [-0.4, -0.2) is 21.0 Å². The molecule has 0 aliphatic carbocycles. The van der Waals surface area contributed by atoms with Gasteiger partial charge in [-0.3, -0.25) is 10.1 Å². The number of rotatable bonds is 6. The summed E-state index contributed by atoms with van der Waals surface area (Å²) < 4.78 is 2.04. The van der Waals surface area contributed by atoms with Crippen molar-refractivity contribution in [3.05, 3.63) is 52.6 Å². The van der Waals surface area contributed by atoms with Crippen molar-refractivity contribution in [2.45, 2.75) is 20.4 Å². The molecule has 1 heterocycles. The lowest BCUT2D eigenvalue weighted by molar-refractivity contribution is -0.385. The van der Waals surface area contributed by atoms with Crippen molar-refractivity contribution in [2.75, 3.05) is 11.9 Å². The van der Waals surface area contributed by atoms with Crippen molar-refractivity contribution >= 4 is 11.4 Å². The predicted octanol–water partition coefficient (Wildman–Crippen LogP) is 2.85. The first kappa shape index (κ1) is 14.0. The van der Waals surface area contributed by atoms with Gasteiger partial charge in [-0.2, -0.15) is 0 Å². The second-order valence-corrected chi connectivity index (χ2v) is 5.00. The van der Waals surface area contributed by atoms with E-state index in [9.17, 15) is 10.1 Å². The molecule has 6 nitrogen and oxygen atoms in total. The quantitative estimate of drug-likeness (QED) is 0.649. The van der Waals surface area contributed by atoms with Gasteiger partial charge >= 0.3 is 0 Å². The maximum absolute atomic E-state index is 10.8. The van der Waals surface area contributed by atoms with E-state index in [0.717, 1.165) is 18.8 Å². The van der Waals surface area contributed by atoms with Crippen LogP contribution in [0.15, 0.2) is 36.9 Å². The maximum Gasteiger partial charge on any atom is 0.272 e. The monoisotopic (exact) mass is 274 g/mol. The van der Waals surface area contributed by atoms with Gasteiger partial charge in [-0.15, -0.1) is 0 Å². The minimum absolute atomic E-state index is 0.155. The van der Waals surface area contributed by atoms with Crippen LogP contribution in [0, 0.1) is 23.0 Å². The highest BCUT2D eigenvalue weighted by atomic mass is 16.6. The zero-order valence-electron chi connectivity index (χ0n) is 11.6. The molecule has 2 aromatic rings. The molecule has 0 spiro atoms. The summed E-state index contributed by atoms with van der Waals surface area (Å²) >= 11 is 0.